The zero-order valence-electron chi connectivity index (χ0n) is 17.1. The van der Waals surface area contributed by atoms with Gasteiger partial charge in [-0.1, -0.05) is 48.9 Å². The van der Waals surface area contributed by atoms with Crippen LogP contribution in [0.15, 0.2) is 67.0 Å². The minimum absolute atomic E-state index is 0.400. The predicted molar refractivity (Wildman–Crippen MR) is 125 cm³/mol. The van der Waals surface area contributed by atoms with E-state index in [2.05, 4.69) is 15.2 Å². The maximum absolute atomic E-state index is 14.2. The van der Waals surface area contributed by atoms with Crippen LogP contribution >= 0.6 is 11.6 Å². The first kappa shape index (κ1) is 21.5. The van der Waals surface area contributed by atoms with E-state index in [1.54, 1.807) is 24.5 Å². The van der Waals surface area contributed by atoms with Crippen LogP contribution in [0.4, 0.5) is 4.39 Å². The number of aromatic nitrogens is 3. The van der Waals surface area contributed by atoms with Gasteiger partial charge in [-0.05, 0) is 64.1 Å². The summed E-state index contributed by atoms with van der Waals surface area (Å²) in [5.74, 6) is -1.50. The molecule has 2 aromatic carbocycles. The highest BCUT2D eigenvalue weighted by Gasteiger charge is 2.17. The molecule has 4 rings (SSSR count). The number of benzene rings is 2. The number of carboxylic acid groups (broad SMARTS) is 1. The average Bonchev–Trinajstić information content (AvgIpc) is 3.17. The number of pyridine rings is 1. The Morgan fingerprint density at radius 2 is 1.91 bits per heavy atom. The van der Waals surface area contributed by atoms with Crippen molar-refractivity contribution in [3.63, 3.8) is 0 Å². The summed E-state index contributed by atoms with van der Waals surface area (Å²) in [6.07, 6.45) is 6.58. The van der Waals surface area contributed by atoms with E-state index in [-0.39, 0.29) is 0 Å². The second-order valence-electron chi connectivity index (χ2n) is 7.13. The quantitative estimate of drug-likeness (QED) is 0.344. The Morgan fingerprint density at radius 1 is 1.16 bits per heavy atom. The molecule has 32 heavy (non-hydrogen) atoms. The fourth-order valence-electron chi connectivity index (χ4n) is 3.70. The molecule has 0 fully saturated rings. The van der Waals surface area contributed by atoms with Gasteiger partial charge < -0.3 is 5.11 Å². The number of carboxylic acids is 1. The topological polar surface area (TPSA) is 78.9 Å². The van der Waals surface area contributed by atoms with Crippen molar-refractivity contribution in [3.05, 3.63) is 100 Å². The Labute approximate surface area is 188 Å². The number of halogens is 2. The van der Waals surface area contributed by atoms with E-state index in [9.17, 15) is 9.18 Å². The molecule has 0 aliphatic rings. The third-order valence-electron chi connectivity index (χ3n) is 5.17. The first-order valence-electron chi connectivity index (χ1n) is 9.96. The summed E-state index contributed by atoms with van der Waals surface area (Å²) in [6.45, 7) is 2.03. The largest absolute Gasteiger partial charge is 0.478 e. The first-order chi connectivity index (χ1) is 15.5. The molecule has 0 radical (unpaired) electrons. The number of nitrogens with zero attached hydrogens (tertiary/aromatic N) is 2. The van der Waals surface area contributed by atoms with E-state index >= 15 is 0 Å². The van der Waals surface area contributed by atoms with Gasteiger partial charge in [0.25, 0.3) is 0 Å². The Bertz CT molecular complexity index is 1360. The molecule has 0 spiro atoms. The molecule has 5 nitrogen and oxygen atoms in total. The zero-order valence-corrected chi connectivity index (χ0v) is 17.9. The molecular formula is C25H19ClFN3O2. The van der Waals surface area contributed by atoms with Crippen molar-refractivity contribution in [1.29, 1.82) is 0 Å². The van der Waals surface area contributed by atoms with Crippen LogP contribution in [0.2, 0.25) is 5.02 Å². The Balaban J connectivity index is 1.94. The number of hydrogen-bond acceptors (Lipinski definition) is 3. The van der Waals surface area contributed by atoms with Crippen molar-refractivity contribution in [2.75, 3.05) is 0 Å². The zero-order chi connectivity index (χ0) is 22.7. The average molecular weight is 448 g/mol. The van der Waals surface area contributed by atoms with Crippen molar-refractivity contribution < 1.29 is 14.3 Å². The number of aliphatic carboxylic acids is 1. The summed E-state index contributed by atoms with van der Waals surface area (Å²) in [5, 5.41) is 16.1. The van der Waals surface area contributed by atoms with Crippen molar-refractivity contribution in [2.45, 2.75) is 13.3 Å². The number of carbonyl (C=O) groups is 1. The summed E-state index contributed by atoms with van der Waals surface area (Å²) in [7, 11) is 0. The van der Waals surface area contributed by atoms with Gasteiger partial charge in [0.2, 0.25) is 5.95 Å². The third kappa shape index (κ3) is 4.31. The number of aromatic amines is 1. The monoisotopic (exact) mass is 447 g/mol. The molecule has 0 unspecified atom stereocenters. The van der Waals surface area contributed by atoms with Gasteiger partial charge in [0.15, 0.2) is 0 Å². The molecule has 0 saturated carbocycles. The van der Waals surface area contributed by atoms with Crippen LogP contribution in [-0.2, 0) is 4.79 Å². The van der Waals surface area contributed by atoms with Gasteiger partial charge in [-0.15, -0.1) is 0 Å². The van der Waals surface area contributed by atoms with E-state index < -0.39 is 11.9 Å². The molecule has 2 aromatic heterocycles. The second kappa shape index (κ2) is 9.16. The molecule has 2 N–H and O–H groups in total. The van der Waals surface area contributed by atoms with E-state index in [1.165, 1.54) is 6.08 Å². The Morgan fingerprint density at radius 3 is 2.59 bits per heavy atom. The maximum atomic E-state index is 14.2. The molecule has 0 saturated heterocycles. The number of H-pyrrole nitrogens is 1. The van der Waals surface area contributed by atoms with Crippen molar-refractivity contribution in [3.8, 4) is 0 Å². The standard InChI is InChI=1S/C25H19ClFN3O2/c1-2-18(19-11-12-28-14-21(19)26)24(16-6-3-15(4-7-16)5-10-23(31)32)17-8-9-22-20(13-17)25(27)30-29-22/h3-14H,2H2,1H3,(H,29,30)(H,31,32)/b10-5+,24-18+. The van der Waals surface area contributed by atoms with E-state index in [1.807, 2.05) is 43.3 Å². The van der Waals surface area contributed by atoms with Crippen molar-refractivity contribution in [2.24, 2.45) is 0 Å². The van der Waals surface area contributed by atoms with Crippen LogP contribution in [0.1, 0.15) is 35.6 Å². The van der Waals surface area contributed by atoms with Crippen LogP contribution in [0, 0.1) is 5.95 Å². The van der Waals surface area contributed by atoms with Crippen LogP contribution < -0.4 is 0 Å². The highest BCUT2D eigenvalue weighted by Crippen LogP contribution is 2.37. The molecular weight excluding hydrogens is 429 g/mol. The van der Waals surface area contributed by atoms with Gasteiger partial charge in [0, 0.05) is 18.5 Å². The number of fused-ring (bicyclic) bond motifs is 1. The third-order valence-corrected chi connectivity index (χ3v) is 5.47. The van der Waals surface area contributed by atoms with Gasteiger partial charge in [0.1, 0.15) is 0 Å². The van der Waals surface area contributed by atoms with E-state index in [4.69, 9.17) is 16.7 Å². The molecule has 0 bridgehead atoms. The van der Waals surface area contributed by atoms with Crippen LogP contribution in [0.25, 0.3) is 28.1 Å². The SMILES string of the molecule is CC/C(=C(/c1ccc(/C=C/C(=O)O)cc1)c1ccc2n[nH]c(F)c2c1)c1ccncc1Cl. The molecule has 0 atom stereocenters. The number of nitrogens with one attached hydrogen (secondary N) is 1. The summed E-state index contributed by atoms with van der Waals surface area (Å²) in [5.41, 5.74) is 5.74. The van der Waals surface area contributed by atoms with Gasteiger partial charge in [-0.25, -0.2) is 4.79 Å². The molecule has 0 aliphatic carbocycles. The normalized spacial score (nSPS) is 12.3. The summed E-state index contributed by atoms with van der Waals surface area (Å²) >= 11 is 6.48. The minimum atomic E-state index is -1.01. The van der Waals surface area contributed by atoms with E-state index in [0.29, 0.717) is 22.3 Å². The second-order valence-corrected chi connectivity index (χ2v) is 7.53. The summed E-state index contributed by atoms with van der Waals surface area (Å²) < 4.78 is 14.2. The molecule has 0 amide bonds. The van der Waals surface area contributed by atoms with Crippen LogP contribution in [0.3, 0.4) is 0 Å². The lowest BCUT2D eigenvalue weighted by Crippen LogP contribution is -1.96. The predicted octanol–water partition coefficient (Wildman–Crippen LogP) is 6.22. The summed E-state index contributed by atoms with van der Waals surface area (Å²) in [4.78, 5) is 14.9. The van der Waals surface area contributed by atoms with E-state index in [0.717, 1.165) is 39.5 Å². The Hall–Kier alpha value is -3.77. The van der Waals surface area contributed by atoms with Crippen molar-refractivity contribution in [1.82, 2.24) is 15.2 Å². The maximum Gasteiger partial charge on any atom is 0.328 e. The smallest absolute Gasteiger partial charge is 0.328 e. The van der Waals surface area contributed by atoms with Gasteiger partial charge in [-0.3, -0.25) is 10.1 Å². The lowest BCUT2D eigenvalue weighted by atomic mass is 9.87. The first-order valence-corrected chi connectivity index (χ1v) is 10.3. The van der Waals surface area contributed by atoms with Crippen LogP contribution in [0.5, 0.6) is 0 Å². The van der Waals surface area contributed by atoms with Gasteiger partial charge in [0.05, 0.1) is 15.9 Å². The molecule has 2 heterocycles. The highest BCUT2D eigenvalue weighted by molar-refractivity contribution is 6.32. The molecule has 160 valence electrons. The number of rotatable bonds is 6. The number of hydrogen-bond donors (Lipinski definition) is 2. The van der Waals surface area contributed by atoms with Gasteiger partial charge in [-0.2, -0.15) is 9.49 Å². The lowest BCUT2D eigenvalue weighted by molar-refractivity contribution is -0.131. The lowest BCUT2D eigenvalue weighted by Gasteiger charge is -2.17. The van der Waals surface area contributed by atoms with Gasteiger partial charge >= 0.3 is 5.97 Å². The van der Waals surface area contributed by atoms with Crippen LogP contribution in [-0.4, -0.2) is 26.3 Å². The fraction of sp³-hybridized carbons (Fsp3) is 0.0800. The number of allylic oxidation sites excluding steroid dienone is 1. The highest BCUT2D eigenvalue weighted by atomic mass is 35.5. The fourth-order valence-corrected chi connectivity index (χ4v) is 3.93. The summed E-state index contributed by atoms with van der Waals surface area (Å²) in [6, 6.07) is 14.8. The molecule has 4 aromatic rings. The molecule has 0 aliphatic heterocycles. The van der Waals surface area contributed by atoms with Crippen molar-refractivity contribution >= 4 is 45.7 Å². The molecule has 7 heteroatoms. The Kier molecular flexibility index (Phi) is 6.14. The minimum Gasteiger partial charge on any atom is -0.478 e.